The van der Waals surface area contributed by atoms with Gasteiger partial charge in [0, 0.05) is 10.3 Å². The van der Waals surface area contributed by atoms with Crippen molar-refractivity contribution in [2.75, 3.05) is 0 Å². The average molecular weight is 339 g/mol. The minimum Gasteiger partial charge on any atom is -0.124 e. The van der Waals surface area contributed by atoms with E-state index in [9.17, 15) is 0 Å². The van der Waals surface area contributed by atoms with Crippen molar-refractivity contribution in [2.45, 2.75) is 33.6 Å². The Labute approximate surface area is 124 Å². The van der Waals surface area contributed by atoms with Crippen LogP contribution in [0.4, 0.5) is 0 Å². The molecule has 2 heterocycles. The summed E-state index contributed by atoms with van der Waals surface area (Å²) in [5.41, 5.74) is 5.88. The molecule has 2 aromatic heterocycles. The van der Waals surface area contributed by atoms with E-state index in [4.69, 9.17) is 0 Å². The van der Waals surface area contributed by atoms with Gasteiger partial charge in [-0.3, -0.25) is 0 Å². The van der Waals surface area contributed by atoms with Crippen LogP contribution in [0.1, 0.15) is 35.8 Å². The molecule has 0 unspecified atom stereocenters. The lowest BCUT2D eigenvalue weighted by Gasteiger charge is -2.11. The third kappa shape index (κ3) is 1.93. The first-order valence-electron chi connectivity index (χ1n) is 6.12. The lowest BCUT2D eigenvalue weighted by Crippen LogP contribution is -1.90. The Morgan fingerprint density at radius 1 is 1.00 bits per heavy atom. The first kappa shape index (κ1) is 12.6. The summed E-state index contributed by atoms with van der Waals surface area (Å²) >= 11 is 7.48. The molecular weight excluding hydrogens is 324 g/mol. The molecule has 0 atom stereocenters. The van der Waals surface area contributed by atoms with E-state index < -0.39 is 0 Å². The van der Waals surface area contributed by atoms with Gasteiger partial charge in [0.25, 0.3) is 0 Å². The van der Waals surface area contributed by atoms with Crippen LogP contribution in [0.2, 0.25) is 0 Å². The second kappa shape index (κ2) is 4.62. The van der Waals surface area contributed by atoms with Crippen LogP contribution >= 0.6 is 38.6 Å². The van der Waals surface area contributed by atoms with E-state index in [0.717, 1.165) is 0 Å². The van der Waals surface area contributed by atoms with Crippen molar-refractivity contribution in [1.82, 2.24) is 0 Å². The molecule has 1 aliphatic rings. The Morgan fingerprint density at radius 3 is 2.39 bits per heavy atom. The van der Waals surface area contributed by atoms with E-state index in [1.54, 1.807) is 0 Å². The van der Waals surface area contributed by atoms with E-state index in [0.29, 0.717) is 0 Å². The minimum atomic E-state index is 1.19. The summed E-state index contributed by atoms with van der Waals surface area (Å²) in [6, 6.07) is 0. The van der Waals surface area contributed by atoms with Gasteiger partial charge >= 0.3 is 0 Å². The first-order chi connectivity index (χ1) is 8.58. The summed E-state index contributed by atoms with van der Waals surface area (Å²) in [7, 11) is 0. The Morgan fingerprint density at radius 2 is 1.78 bits per heavy atom. The zero-order valence-corrected chi connectivity index (χ0v) is 14.0. The summed E-state index contributed by atoms with van der Waals surface area (Å²) in [4.78, 5) is 1.50. The highest BCUT2D eigenvalue weighted by atomic mass is 79.9. The van der Waals surface area contributed by atoms with Crippen LogP contribution in [0.5, 0.6) is 0 Å². The molecule has 3 heteroatoms. The molecule has 0 saturated carbocycles. The Kier molecular flexibility index (Phi) is 3.25. The summed E-state index contributed by atoms with van der Waals surface area (Å²) in [6.45, 7) is 6.70. The number of hydrogen-bond acceptors (Lipinski definition) is 2. The molecule has 0 nitrogen and oxygen atoms in total. The highest BCUT2D eigenvalue weighted by Gasteiger charge is 2.18. The zero-order valence-electron chi connectivity index (χ0n) is 10.8. The third-order valence-electron chi connectivity index (χ3n) is 3.62. The van der Waals surface area contributed by atoms with Gasteiger partial charge in [0.2, 0.25) is 0 Å². The topological polar surface area (TPSA) is 0 Å². The lowest BCUT2D eigenvalue weighted by atomic mass is 9.96. The van der Waals surface area contributed by atoms with Crippen molar-refractivity contribution < 1.29 is 0 Å². The fourth-order valence-corrected chi connectivity index (χ4v) is 6.13. The molecular formula is C15H15BrS2. The molecule has 0 aliphatic heterocycles. The molecule has 18 heavy (non-hydrogen) atoms. The van der Waals surface area contributed by atoms with Crippen molar-refractivity contribution in [1.29, 1.82) is 0 Å². The summed E-state index contributed by atoms with van der Waals surface area (Å²) in [5.74, 6) is 0. The summed E-state index contributed by atoms with van der Waals surface area (Å²) < 4.78 is 2.74. The van der Waals surface area contributed by atoms with Crippen LogP contribution in [0.25, 0.3) is 15.0 Å². The van der Waals surface area contributed by atoms with E-state index in [-0.39, 0.29) is 0 Å². The van der Waals surface area contributed by atoms with Gasteiger partial charge in [-0.15, -0.1) is 22.7 Å². The van der Waals surface area contributed by atoms with Gasteiger partial charge in [0.05, 0.1) is 7.80 Å². The van der Waals surface area contributed by atoms with Crippen molar-refractivity contribution in [3.8, 4) is 0 Å². The van der Waals surface area contributed by atoms with Crippen LogP contribution < -0.4 is 0 Å². The van der Waals surface area contributed by atoms with Crippen LogP contribution in [0, 0.1) is 13.8 Å². The van der Waals surface area contributed by atoms with Gasteiger partial charge < -0.3 is 0 Å². The molecule has 94 valence electrons. The molecule has 2 aromatic rings. The Hall–Kier alpha value is -0.380. The molecule has 3 rings (SSSR count). The fraction of sp³-hybridized carbons (Fsp3) is 0.333. The average Bonchev–Trinajstić information content (AvgIpc) is 2.80. The highest BCUT2D eigenvalue weighted by Crippen LogP contribution is 2.46. The second-order valence-corrected chi connectivity index (χ2v) is 8.54. The maximum atomic E-state index is 3.65. The fourth-order valence-electron chi connectivity index (χ4n) is 2.49. The number of hydrogen-bond donors (Lipinski definition) is 0. The van der Waals surface area contributed by atoms with E-state index in [1.807, 2.05) is 22.7 Å². The normalized spacial score (nSPS) is 16.0. The predicted octanol–water partition coefficient (Wildman–Crippen LogP) is 6.47. The van der Waals surface area contributed by atoms with Gasteiger partial charge in [-0.25, -0.2) is 0 Å². The molecule has 0 spiro atoms. The Balaban J connectivity index is 2.17. The predicted molar refractivity (Wildman–Crippen MR) is 87.8 cm³/mol. The number of aryl methyl sites for hydroxylation is 2. The number of allylic oxidation sites excluding steroid dienone is 4. The first-order valence-corrected chi connectivity index (χ1v) is 8.55. The maximum absolute atomic E-state index is 3.65. The number of thiophene rings is 2. The second-order valence-electron chi connectivity index (χ2n) is 4.92. The largest absolute Gasteiger partial charge is 0.124 e. The Bertz CT molecular complexity index is 683. The highest BCUT2D eigenvalue weighted by molar-refractivity contribution is 9.11. The van der Waals surface area contributed by atoms with Gasteiger partial charge in [-0.1, -0.05) is 17.7 Å². The van der Waals surface area contributed by atoms with E-state index >= 15 is 0 Å². The van der Waals surface area contributed by atoms with Gasteiger partial charge in [0.15, 0.2) is 0 Å². The molecule has 0 radical (unpaired) electrons. The SMILES string of the molecule is CC1=CC=C(c2sc3sc(Br)c(C)c3c2C)CC1. The number of fused-ring (bicyclic) bond motifs is 1. The molecule has 0 aromatic carbocycles. The molecule has 0 bridgehead atoms. The zero-order chi connectivity index (χ0) is 12.9. The number of halogens is 1. The smallest absolute Gasteiger partial charge is 0.0889 e. The molecule has 0 amide bonds. The van der Waals surface area contributed by atoms with Crippen LogP contribution in [0.3, 0.4) is 0 Å². The van der Waals surface area contributed by atoms with E-state index in [2.05, 4.69) is 48.9 Å². The molecule has 0 fully saturated rings. The van der Waals surface area contributed by atoms with Crippen LogP contribution in [0.15, 0.2) is 21.5 Å². The van der Waals surface area contributed by atoms with Crippen molar-refractivity contribution in [2.24, 2.45) is 0 Å². The van der Waals surface area contributed by atoms with Gasteiger partial charge in [0.1, 0.15) is 0 Å². The molecule has 0 saturated heterocycles. The van der Waals surface area contributed by atoms with Crippen LogP contribution in [-0.4, -0.2) is 0 Å². The van der Waals surface area contributed by atoms with Crippen molar-refractivity contribution in [3.05, 3.63) is 37.5 Å². The van der Waals surface area contributed by atoms with Crippen molar-refractivity contribution in [3.63, 3.8) is 0 Å². The lowest BCUT2D eigenvalue weighted by molar-refractivity contribution is 0.979. The third-order valence-corrected chi connectivity index (χ3v) is 7.23. The van der Waals surface area contributed by atoms with Crippen molar-refractivity contribution >= 4 is 53.6 Å². The van der Waals surface area contributed by atoms with E-state index in [1.165, 1.54) is 53.2 Å². The molecule has 0 N–H and O–H groups in total. The van der Waals surface area contributed by atoms with Gasteiger partial charge in [-0.05, 0) is 66.2 Å². The maximum Gasteiger partial charge on any atom is 0.0889 e. The van der Waals surface area contributed by atoms with Crippen LogP contribution in [-0.2, 0) is 0 Å². The minimum absolute atomic E-state index is 1.19. The summed E-state index contributed by atoms with van der Waals surface area (Å²) in [5, 5.41) is 1.47. The molecule has 1 aliphatic carbocycles. The quantitative estimate of drug-likeness (QED) is 0.559. The monoisotopic (exact) mass is 338 g/mol. The summed E-state index contributed by atoms with van der Waals surface area (Å²) in [6.07, 6.45) is 6.98. The van der Waals surface area contributed by atoms with Gasteiger partial charge in [-0.2, -0.15) is 0 Å². The number of rotatable bonds is 1. The standard InChI is InChI=1S/C15H15BrS2/c1-8-4-6-11(7-5-8)13-9(2)12-10(3)14(16)18-15(12)17-13/h4,6H,5,7H2,1-3H3.